The zero-order valence-electron chi connectivity index (χ0n) is 7.78. The Labute approximate surface area is 82.5 Å². The van der Waals surface area contributed by atoms with E-state index in [1.807, 2.05) is 18.2 Å². The highest BCUT2D eigenvalue weighted by Gasteiger charge is 2.08. The van der Waals surface area contributed by atoms with Crippen LogP contribution >= 0.6 is 11.8 Å². The fourth-order valence-electron chi connectivity index (χ4n) is 1.03. The van der Waals surface area contributed by atoms with Crippen LogP contribution in [0, 0.1) is 0 Å². The highest BCUT2D eigenvalue weighted by Crippen LogP contribution is 2.25. The number of primary amides is 1. The maximum atomic E-state index is 11.0. The van der Waals surface area contributed by atoms with Crippen LogP contribution in [-0.2, 0) is 0 Å². The summed E-state index contributed by atoms with van der Waals surface area (Å²) in [6.45, 7) is 4.17. The van der Waals surface area contributed by atoms with Gasteiger partial charge in [0.2, 0.25) is 5.91 Å². The van der Waals surface area contributed by atoms with Crippen molar-refractivity contribution < 1.29 is 4.79 Å². The molecule has 2 N–H and O–H groups in total. The van der Waals surface area contributed by atoms with Crippen molar-refractivity contribution in [1.82, 2.24) is 0 Å². The molecule has 0 aliphatic heterocycles. The second-order valence-corrected chi connectivity index (χ2v) is 4.65. The van der Waals surface area contributed by atoms with Gasteiger partial charge in [0, 0.05) is 10.1 Å². The van der Waals surface area contributed by atoms with Crippen molar-refractivity contribution in [1.29, 1.82) is 0 Å². The van der Waals surface area contributed by atoms with Crippen molar-refractivity contribution in [3.63, 3.8) is 0 Å². The monoisotopic (exact) mass is 195 g/mol. The molecule has 0 heterocycles. The Morgan fingerprint density at radius 1 is 1.38 bits per heavy atom. The predicted octanol–water partition coefficient (Wildman–Crippen LogP) is 2.29. The zero-order valence-corrected chi connectivity index (χ0v) is 8.60. The largest absolute Gasteiger partial charge is 0.366 e. The van der Waals surface area contributed by atoms with E-state index in [1.165, 1.54) is 0 Å². The van der Waals surface area contributed by atoms with Crippen LogP contribution in [-0.4, -0.2) is 11.2 Å². The molecular formula is C10H13NOS. The summed E-state index contributed by atoms with van der Waals surface area (Å²) in [7, 11) is 0. The summed E-state index contributed by atoms with van der Waals surface area (Å²) in [5, 5.41) is 0.459. The molecule has 0 saturated carbocycles. The van der Waals surface area contributed by atoms with Gasteiger partial charge < -0.3 is 5.73 Å². The Hall–Kier alpha value is -0.960. The summed E-state index contributed by atoms with van der Waals surface area (Å²) in [5.41, 5.74) is 5.85. The van der Waals surface area contributed by atoms with Crippen LogP contribution < -0.4 is 5.73 Å². The second kappa shape index (κ2) is 4.33. The molecule has 13 heavy (non-hydrogen) atoms. The van der Waals surface area contributed by atoms with Crippen LogP contribution in [0.2, 0.25) is 0 Å². The van der Waals surface area contributed by atoms with Crippen molar-refractivity contribution in [2.75, 3.05) is 0 Å². The first-order valence-corrected chi connectivity index (χ1v) is 5.04. The van der Waals surface area contributed by atoms with Crippen LogP contribution in [0.4, 0.5) is 0 Å². The van der Waals surface area contributed by atoms with Crippen LogP contribution in [0.5, 0.6) is 0 Å². The molecule has 0 fully saturated rings. The maximum Gasteiger partial charge on any atom is 0.249 e. The molecule has 1 amide bonds. The number of carbonyl (C=O) groups is 1. The van der Waals surface area contributed by atoms with Gasteiger partial charge in [-0.15, -0.1) is 11.8 Å². The van der Waals surface area contributed by atoms with E-state index in [1.54, 1.807) is 17.8 Å². The molecule has 0 saturated heterocycles. The first-order valence-electron chi connectivity index (χ1n) is 4.16. The Morgan fingerprint density at radius 3 is 2.54 bits per heavy atom. The molecule has 0 aliphatic carbocycles. The zero-order chi connectivity index (χ0) is 9.84. The molecular weight excluding hydrogens is 182 g/mol. The number of nitrogens with two attached hydrogens (primary N) is 1. The van der Waals surface area contributed by atoms with E-state index in [0.29, 0.717) is 10.8 Å². The topological polar surface area (TPSA) is 43.1 Å². The number of benzene rings is 1. The van der Waals surface area contributed by atoms with Gasteiger partial charge in [0.25, 0.3) is 0 Å². The molecule has 0 bridgehead atoms. The molecule has 0 unspecified atom stereocenters. The van der Waals surface area contributed by atoms with Crippen molar-refractivity contribution in [3.8, 4) is 0 Å². The first-order chi connectivity index (χ1) is 6.11. The molecule has 0 aliphatic rings. The fraction of sp³-hybridized carbons (Fsp3) is 0.300. The minimum atomic E-state index is -0.358. The minimum absolute atomic E-state index is 0.358. The van der Waals surface area contributed by atoms with E-state index >= 15 is 0 Å². The van der Waals surface area contributed by atoms with Gasteiger partial charge >= 0.3 is 0 Å². The summed E-state index contributed by atoms with van der Waals surface area (Å²) in [5.74, 6) is -0.358. The summed E-state index contributed by atoms with van der Waals surface area (Å²) in [6, 6.07) is 7.42. The third-order valence-electron chi connectivity index (χ3n) is 1.52. The summed E-state index contributed by atoms with van der Waals surface area (Å²) in [4.78, 5) is 12.0. The molecule has 2 nitrogen and oxygen atoms in total. The van der Waals surface area contributed by atoms with Crippen LogP contribution in [0.15, 0.2) is 29.2 Å². The standard InChI is InChI=1S/C10H13NOS/c1-7(2)13-9-6-4-3-5-8(9)10(11)12/h3-7H,1-2H3,(H2,11,12). The Kier molecular flexibility index (Phi) is 3.37. The lowest BCUT2D eigenvalue weighted by molar-refractivity contribution is 0.0997. The summed E-state index contributed by atoms with van der Waals surface area (Å²) in [6.07, 6.45) is 0. The first kappa shape index (κ1) is 10.1. The lowest BCUT2D eigenvalue weighted by atomic mass is 10.2. The van der Waals surface area contributed by atoms with Gasteiger partial charge in [-0.2, -0.15) is 0 Å². The van der Waals surface area contributed by atoms with E-state index in [0.717, 1.165) is 4.90 Å². The molecule has 1 aromatic carbocycles. The molecule has 0 radical (unpaired) electrons. The molecule has 0 spiro atoms. The van der Waals surface area contributed by atoms with E-state index in [4.69, 9.17) is 5.73 Å². The SMILES string of the molecule is CC(C)Sc1ccccc1C(N)=O. The molecule has 1 aromatic rings. The van der Waals surface area contributed by atoms with Gasteiger partial charge in [0.05, 0.1) is 5.56 Å². The van der Waals surface area contributed by atoms with Gasteiger partial charge in [0.15, 0.2) is 0 Å². The van der Waals surface area contributed by atoms with Crippen LogP contribution in [0.1, 0.15) is 24.2 Å². The Morgan fingerprint density at radius 2 is 2.00 bits per heavy atom. The van der Waals surface area contributed by atoms with Crippen molar-refractivity contribution >= 4 is 17.7 Å². The van der Waals surface area contributed by atoms with E-state index in [9.17, 15) is 4.79 Å². The molecule has 70 valence electrons. The molecule has 0 aromatic heterocycles. The smallest absolute Gasteiger partial charge is 0.249 e. The van der Waals surface area contributed by atoms with Gasteiger partial charge in [0.1, 0.15) is 0 Å². The lowest BCUT2D eigenvalue weighted by Gasteiger charge is -2.07. The highest BCUT2D eigenvalue weighted by molar-refractivity contribution is 8.00. The van der Waals surface area contributed by atoms with E-state index in [2.05, 4.69) is 13.8 Å². The quantitative estimate of drug-likeness (QED) is 0.752. The lowest BCUT2D eigenvalue weighted by Crippen LogP contribution is -2.12. The van der Waals surface area contributed by atoms with Crippen molar-refractivity contribution in [2.45, 2.75) is 24.0 Å². The van der Waals surface area contributed by atoms with Gasteiger partial charge in [-0.1, -0.05) is 26.0 Å². The highest BCUT2D eigenvalue weighted by atomic mass is 32.2. The Bertz CT molecular complexity index is 310. The molecule has 3 heteroatoms. The van der Waals surface area contributed by atoms with Crippen LogP contribution in [0.25, 0.3) is 0 Å². The number of hydrogen-bond acceptors (Lipinski definition) is 2. The average Bonchev–Trinajstić information content (AvgIpc) is 2.03. The number of rotatable bonds is 3. The number of hydrogen-bond donors (Lipinski definition) is 1. The maximum absolute atomic E-state index is 11.0. The van der Waals surface area contributed by atoms with Gasteiger partial charge in [-0.25, -0.2) is 0 Å². The van der Waals surface area contributed by atoms with Crippen molar-refractivity contribution in [3.05, 3.63) is 29.8 Å². The van der Waals surface area contributed by atoms with E-state index in [-0.39, 0.29) is 5.91 Å². The molecule has 1 rings (SSSR count). The summed E-state index contributed by atoms with van der Waals surface area (Å²) < 4.78 is 0. The predicted molar refractivity (Wildman–Crippen MR) is 56.0 cm³/mol. The summed E-state index contributed by atoms with van der Waals surface area (Å²) >= 11 is 1.65. The number of carbonyl (C=O) groups excluding carboxylic acids is 1. The average molecular weight is 195 g/mol. The molecule has 0 atom stereocenters. The van der Waals surface area contributed by atoms with Gasteiger partial charge in [-0.3, -0.25) is 4.79 Å². The number of amides is 1. The third-order valence-corrected chi connectivity index (χ3v) is 2.60. The van der Waals surface area contributed by atoms with Crippen LogP contribution in [0.3, 0.4) is 0 Å². The normalized spacial score (nSPS) is 10.4. The van der Waals surface area contributed by atoms with Gasteiger partial charge in [-0.05, 0) is 12.1 Å². The third kappa shape index (κ3) is 2.77. The van der Waals surface area contributed by atoms with E-state index < -0.39 is 0 Å². The number of thioether (sulfide) groups is 1. The van der Waals surface area contributed by atoms with Crippen molar-refractivity contribution in [2.24, 2.45) is 5.73 Å². The fourth-order valence-corrected chi connectivity index (χ4v) is 1.99. The second-order valence-electron chi connectivity index (χ2n) is 3.03. The minimum Gasteiger partial charge on any atom is -0.366 e. The Balaban J connectivity index is 2.98.